The van der Waals surface area contributed by atoms with Crippen molar-refractivity contribution in [2.45, 2.75) is 39.2 Å². The molecule has 2 fully saturated rings. The van der Waals surface area contributed by atoms with Gasteiger partial charge < -0.3 is 20.9 Å². The van der Waals surface area contributed by atoms with E-state index in [9.17, 15) is 4.79 Å². The molecule has 1 aromatic rings. The van der Waals surface area contributed by atoms with Crippen LogP contribution in [0.15, 0.2) is 29.3 Å². The molecule has 0 bridgehead atoms. The molecule has 1 atom stereocenters. The first kappa shape index (κ1) is 17.6. The van der Waals surface area contributed by atoms with Gasteiger partial charge in [-0.15, -0.1) is 0 Å². The van der Waals surface area contributed by atoms with Crippen molar-refractivity contribution >= 4 is 17.7 Å². The van der Waals surface area contributed by atoms with Gasteiger partial charge in [0, 0.05) is 31.9 Å². The van der Waals surface area contributed by atoms with E-state index < -0.39 is 0 Å². The second-order valence-electron chi connectivity index (χ2n) is 7.19. The molecule has 3 rings (SSSR count). The third-order valence-corrected chi connectivity index (χ3v) is 4.98. The molecule has 136 valence electrons. The summed E-state index contributed by atoms with van der Waals surface area (Å²) in [7, 11) is 0. The Bertz CT molecular complexity index is 624. The van der Waals surface area contributed by atoms with Gasteiger partial charge in [0.2, 0.25) is 0 Å². The van der Waals surface area contributed by atoms with Crippen molar-refractivity contribution in [3.8, 4) is 0 Å². The topological polar surface area (TPSA) is 74.0 Å². The fourth-order valence-corrected chi connectivity index (χ4v) is 3.54. The Labute approximate surface area is 150 Å². The molecule has 3 N–H and O–H groups in total. The number of likely N-dealkylation sites (tertiary alicyclic amines) is 2. The summed E-state index contributed by atoms with van der Waals surface area (Å²) in [5, 5.41) is 2.98. The quantitative estimate of drug-likeness (QED) is 0.655. The number of nitrogens with zero attached hydrogens (tertiary/aromatic N) is 3. The van der Waals surface area contributed by atoms with Gasteiger partial charge in [-0.2, -0.15) is 0 Å². The molecular formula is C19H29N5O. The van der Waals surface area contributed by atoms with Gasteiger partial charge in [0.1, 0.15) is 0 Å². The van der Waals surface area contributed by atoms with Gasteiger partial charge >= 0.3 is 6.03 Å². The number of nitrogens with two attached hydrogens (primary N) is 1. The zero-order valence-corrected chi connectivity index (χ0v) is 15.1. The Balaban J connectivity index is 1.57. The van der Waals surface area contributed by atoms with Gasteiger partial charge in [-0.3, -0.25) is 0 Å². The number of carbonyl (C=O) groups is 1. The Morgan fingerprint density at radius 3 is 2.76 bits per heavy atom. The summed E-state index contributed by atoms with van der Waals surface area (Å²) in [6, 6.07) is 7.84. The lowest BCUT2D eigenvalue weighted by Crippen LogP contribution is -2.43. The minimum Gasteiger partial charge on any atom is -0.370 e. The molecule has 1 unspecified atom stereocenters. The first-order chi connectivity index (χ1) is 12.1. The summed E-state index contributed by atoms with van der Waals surface area (Å²) in [5.41, 5.74) is 8.02. The smallest absolute Gasteiger partial charge is 0.321 e. The van der Waals surface area contributed by atoms with Crippen LogP contribution in [0.3, 0.4) is 0 Å². The van der Waals surface area contributed by atoms with E-state index >= 15 is 0 Å². The summed E-state index contributed by atoms with van der Waals surface area (Å²) in [6.07, 6.45) is 4.63. The monoisotopic (exact) mass is 343 g/mol. The maximum absolute atomic E-state index is 12.2. The van der Waals surface area contributed by atoms with Crippen LogP contribution >= 0.6 is 0 Å². The zero-order valence-electron chi connectivity index (χ0n) is 15.1. The number of nitrogens with one attached hydrogen (secondary N) is 1. The van der Waals surface area contributed by atoms with E-state index in [0.29, 0.717) is 18.4 Å². The summed E-state index contributed by atoms with van der Waals surface area (Å²) in [4.78, 5) is 20.8. The van der Waals surface area contributed by atoms with Crippen LogP contribution in [0.1, 0.15) is 38.2 Å². The molecule has 2 heterocycles. The SMILES string of the molecule is CC1CCCN(C(N)=NCc2cccc(NC(=O)N3CCCC3)c2)C1. The molecule has 1 aromatic carbocycles. The second kappa shape index (κ2) is 8.23. The third-order valence-electron chi connectivity index (χ3n) is 4.98. The molecule has 0 saturated carbocycles. The summed E-state index contributed by atoms with van der Waals surface area (Å²) < 4.78 is 0. The van der Waals surface area contributed by atoms with Crippen molar-refractivity contribution in [2.24, 2.45) is 16.6 Å². The van der Waals surface area contributed by atoms with Crippen molar-refractivity contribution in [3.05, 3.63) is 29.8 Å². The maximum Gasteiger partial charge on any atom is 0.321 e. The van der Waals surface area contributed by atoms with Crippen LogP contribution in [0.5, 0.6) is 0 Å². The summed E-state index contributed by atoms with van der Waals surface area (Å²) in [6.45, 7) is 6.46. The number of carbonyl (C=O) groups excluding carboxylic acids is 1. The molecule has 25 heavy (non-hydrogen) atoms. The van der Waals surface area contributed by atoms with Gasteiger partial charge in [0.15, 0.2) is 5.96 Å². The number of guanidine groups is 1. The highest BCUT2D eigenvalue weighted by atomic mass is 16.2. The lowest BCUT2D eigenvalue weighted by atomic mass is 10.0. The van der Waals surface area contributed by atoms with E-state index in [-0.39, 0.29) is 6.03 Å². The molecule has 6 heteroatoms. The maximum atomic E-state index is 12.2. The average Bonchev–Trinajstić information content (AvgIpc) is 3.15. The van der Waals surface area contributed by atoms with Crippen LogP contribution in [0.4, 0.5) is 10.5 Å². The lowest BCUT2D eigenvalue weighted by molar-refractivity contribution is 0.222. The number of piperidine rings is 1. The van der Waals surface area contributed by atoms with Crippen molar-refractivity contribution in [2.75, 3.05) is 31.5 Å². The van der Waals surface area contributed by atoms with Gasteiger partial charge in [-0.1, -0.05) is 19.1 Å². The van der Waals surface area contributed by atoms with E-state index in [4.69, 9.17) is 5.73 Å². The van der Waals surface area contributed by atoms with Crippen LogP contribution in [0.2, 0.25) is 0 Å². The third kappa shape index (κ3) is 4.87. The fourth-order valence-electron chi connectivity index (χ4n) is 3.54. The normalized spacial score (nSPS) is 21.5. The van der Waals surface area contributed by atoms with E-state index in [2.05, 4.69) is 22.1 Å². The van der Waals surface area contributed by atoms with Gasteiger partial charge in [-0.25, -0.2) is 9.79 Å². The van der Waals surface area contributed by atoms with E-state index in [1.807, 2.05) is 29.2 Å². The molecule has 2 aliphatic rings. The molecule has 2 saturated heterocycles. The van der Waals surface area contributed by atoms with Gasteiger partial charge in [0.25, 0.3) is 0 Å². The lowest BCUT2D eigenvalue weighted by Gasteiger charge is -2.31. The first-order valence-corrected chi connectivity index (χ1v) is 9.31. The zero-order chi connectivity index (χ0) is 17.6. The standard InChI is InChI=1S/C19H29N5O/c1-15-6-5-11-24(14-15)18(20)21-13-16-7-4-8-17(12-16)22-19(25)23-9-2-3-10-23/h4,7-8,12,15H,2-3,5-6,9-11,13-14H2,1H3,(H2,20,21)(H,22,25). The highest BCUT2D eigenvalue weighted by molar-refractivity contribution is 5.89. The van der Waals surface area contributed by atoms with Crippen LogP contribution in [-0.2, 0) is 6.54 Å². The summed E-state index contributed by atoms with van der Waals surface area (Å²) >= 11 is 0. The van der Waals surface area contributed by atoms with Crippen molar-refractivity contribution in [1.82, 2.24) is 9.80 Å². The predicted molar refractivity (Wildman–Crippen MR) is 102 cm³/mol. The number of amides is 2. The van der Waals surface area contributed by atoms with Crippen molar-refractivity contribution in [3.63, 3.8) is 0 Å². The van der Waals surface area contributed by atoms with E-state index in [0.717, 1.165) is 50.3 Å². The summed E-state index contributed by atoms with van der Waals surface area (Å²) in [5.74, 6) is 1.30. The van der Waals surface area contributed by atoms with E-state index in [1.165, 1.54) is 12.8 Å². The highest BCUT2D eigenvalue weighted by Crippen LogP contribution is 2.17. The second-order valence-corrected chi connectivity index (χ2v) is 7.19. The van der Waals surface area contributed by atoms with Crippen LogP contribution in [-0.4, -0.2) is 48.0 Å². The highest BCUT2D eigenvalue weighted by Gasteiger charge is 2.18. The number of hydrogen-bond acceptors (Lipinski definition) is 2. The number of benzene rings is 1. The first-order valence-electron chi connectivity index (χ1n) is 9.31. The number of anilines is 1. The Morgan fingerprint density at radius 1 is 1.24 bits per heavy atom. The van der Waals surface area contributed by atoms with Gasteiger partial charge in [0.05, 0.1) is 6.54 Å². The van der Waals surface area contributed by atoms with Gasteiger partial charge in [-0.05, 0) is 49.3 Å². The van der Waals surface area contributed by atoms with Crippen LogP contribution < -0.4 is 11.1 Å². The average molecular weight is 343 g/mol. The molecule has 2 aliphatic heterocycles. The predicted octanol–water partition coefficient (Wildman–Crippen LogP) is 2.86. The Hall–Kier alpha value is -2.24. The molecule has 0 spiro atoms. The Morgan fingerprint density at radius 2 is 2.00 bits per heavy atom. The van der Waals surface area contributed by atoms with Crippen molar-refractivity contribution in [1.29, 1.82) is 0 Å². The molecular weight excluding hydrogens is 314 g/mol. The number of aliphatic imine (C=N–C) groups is 1. The Kier molecular flexibility index (Phi) is 5.79. The van der Waals surface area contributed by atoms with Crippen LogP contribution in [0.25, 0.3) is 0 Å². The fraction of sp³-hybridized carbons (Fsp3) is 0.579. The molecule has 0 aliphatic carbocycles. The minimum atomic E-state index is -0.0139. The largest absolute Gasteiger partial charge is 0.370 e. The molecule has 2 amide bonds. The number of hydrogen-bond donors (Lipinski definition) is 2. The molecule has 6 nitrogen and oxygen atoms in total. The molecule has 0 radical (unpaired) electrons. The van der Waals surface area contributed by atoms with E-state index in [1.54, 1.807) is 0 Å². The minimum absolute atomic E-state index is 0.0139. The van der Waals surface area contributed by atoms with Crippen LogP contribution in [0, 0.1) is 5.92 Å². The number of rotatable bonds is 3. The molecule has 0 aromatic heterocycles. The van der Waals surface area contributed by atoms with Crippen molar-refractivity contribution < 1.29 is 4.79 Å². The number of urea groups is 1.